The Bertz CT molecular complexity index is 1130. The molecule has 4 unspecified atom stereocenters. The molecule has 8 atom stereocenters. The lowest BCUT2D eigenvalue weighted by molar-refractivity contribution is -0.140. The van der Waals surface area contributed by atoms with E-state index in [4.69, 9.17) is 18.9 Å². The van der Waals surface area contributed by atoms with Gasteiger partial charge >= 0.3 is 5.97 Å². The first-order valence-electron chi connectivity index (χ1n) is 16.1. The van der Waals surface area contributed by atoms with Gasteiger partial charge in [-0.1, -0.05) is 98.5 Å². The van der Waals surface area contributed by atoms with Crippen molar-refractivity contribution in [2.75, 3.05) is 33.0 Å². The van der Waals surface area contributed by atoms with Crippen LogP contribution in [0.5, 0.6) is 0 Å². The molecule has 0 heterocycles. The Hall–Kier alpha value is -2.99. The highest BCUT2D eigenvalue weighted by atomic mass is 16.5. The average molecular weight is 585 g/mol. The molecule has 0 aliphatic heterocycles. The van der Waals surface area contributed by atoms with Crippen molar-refractivity contribution in [3.8, 4) is 0 Å². The molecule has 5 nitrogen and oxygen atoms in total. The summed E-state index contributed by atoms with van der Waals surface area (Å²) in [4.78, 5) is 11.2. The van der Waals surface area contributed by atoms with Crippen LogP contribution in [0.1, 0.15) is 37.3 Å². The minimum Gasteiger partial charge on any atom is -0.462 e. The quantitative estimate of drug-likeness (QED) is 0.0943. The number of allylic oxidation sites excluding steroid dienone is 4. The second kappa shape index (κ2) is 16.2. The van der Waals surface area contributed by atoms with Crippen LogP contribution < -0.4 is 0 Å². The first-order chi connectivity index (χ1) is 21.2. The van der Waals surface area contributed by atoms with E-state index in [-0.39, 0.29) is 5.97 Å². The molecule has 0 N–H and O–H groups in total. The van der Waals surface area contributed by atoms with Gasteiger partial charge in [-0.3, -0.25) is 0 Å². The zero-order chi connectivity index (χ0) is 29.9. The predicted molar refractivity (Wildman–Crippen MR) is 170 cm³/mol. The molecular formula is C38H48O5. The first-order valence-corrected chi connectivity index (χ1v) is 16.1. The first kappa shape index (κ1) is 31.4. The molecule has 6 rings (SSSR count). The fourth-order valence-corrected chi connectivity index (χ4v) is 7.42. The molecule has 0 amide bonds. The molecule has 230 valence electrons. The number of ether oxygens (including phenoxy) is 4. The van der Waals surface area contributed by atoms with Crippen LogP contribution in [0.4, 0.5) is 0 Å². The van der Waals surface area contributed by atoms with Gasteiger partial charge in [0.25, 0.3) is 0 Å². The summed E-state index contributed by atoms with van der Waals surface area (Å²) in [5.41, 5.74) is 2.50. The fraction of sp³-hybridized carbons (Fsp3) is 0.500. The van der Waals surface area contributed by atoms with Crippen LogP contribution in [0.3, 0.4) is 0 Å². The van der Waals surface area contributed by atoms with E-state index in [1.54, 1.807) is 0 Å². The molecule has 2 aromatic rings. The third-order valence-electron chi connectivity index (χ3n) is 9.69. The Balaban J connectivity index is 0.000000181. The van der Waals surface area contributed by atoms with Gasteiger partial charge in [0, 0.05) is 18.6 Å². The minimum atomic E-state index is -0.324. The van der Waals surface area contributed by atoms with Gasteiger partial charge in [-0.05, 0) is 71.8 Å². The number of esters is 1. The van der Waals surface area contributed by atoms with E-state index in [9.17, 15) is 4.79 Å². The summed E-state index contributed by atoms with van der Waals surface area (Å²) in [5, 5.41) is 0. The summed E-state index contributed by atoms with van der Waals surface area (Å²) in [5.74, 6) is 4.29. The summed E-state index contributed by atoms with van der Waals surface area (Å²) in [6.45, 7) is 10.7. The van der Waals surface area contributed by atoms with E-state index in [0.29, 0.717) is 67.2 Å². The Morgan fingerprint density at radius 1 is 0.674 bits per heavy atom. The Kier molecular flexibility index (Phi) is 11.8. The maximum atomic E-state index is 11.2. The lowest BCUT2D eigenvalue weighted by Gasteiger charge is -2.28. The molecule has 43 heavy (non-hydrogen) atoms. The van der Waals surface area contributed by atoms with Gasteiger partial charge in [0.1, 0.15) is 0 Å². The molecule has 2 aromatic carbocycles. The lowest BCUT2D eigenvalue weighted by atomic mass is 9.84. The maximum Gasteiger partial charge on any atom is 0.330 e. The van der Waals surface area contributed by atoms with Crippen LogP contribution in [0.15, 0.2) is 97.6 Å². The van der Waals surface area contributed by atoms with Gasteiger partial charge in [0.15, 0.2) is 0 Å². The third kappa shape index (κ3) is 8.56. The summed E-state index contributed by atoms with van der Waals surface area (Å²) in [7, 11) is 0. The highest BCUT2D eigenvalue weighted by Gasteiger charge is 2.45. The van der Waals surface area contributed by atoms with E-state index in [0.717, 1.165) is 32.8 Å². The van der Waals surface area contributed by atoms with Gasteiger partial charge in [-0.2, -0.15) is 0 Å². The number of carbonyl (C=O) groups excluding carboxylic acids is 1. The van der Waals surface area contributed by atoms with E-state index < -0.39 is 0 Å². The predicted octanol–water partition coefficient (Wildman–Crippen LogP) is 7.44. The normalized spacial score (nSPS) is 29.4. The second-order valence-electron chi connectivity index (χ2n) is 12.5. The standard InChI is InChI=1S/C23H26O2.C15H22O3/c1-3-7-18(8-4-1)14-24-16-22-20-11-12-21(13-20)23(22)17-25-15-19-9-5-2-6-10-19;1-3-7-17-9-13-11-5-6-12(8-11)14(13)10-18-15(16)4-2/h1-12,20-23H,13-17H2;4-6,11-14H,2-3,7-10H2,1H3/t20?,21?,22-,23+;11?,12?,13-,14+/m.1/s1. The number of rotatable bonds is 15. The van der Waals surface area contributed by atoms with Crippen LogP contribution in [0.25, 0.3) is 0 Å². The molecule has 2 saturated carbocycles. The zero-order valence-corrected chi connectivity index (χ0v) is 25.6. The molecular weight excluding hydrogens is 536 g/mol. The van der Waals surface area contributed by atoms with Crippen LogP contribution in [-0.4, -0.2) is 39.0 Å². The maximum absolute atomic E-state index is 11.2. The topological polar surface area (TPSA) is 54.0 Å². The summed E-state index contributed by atoms with van der Waals surface area (Å²) in [6.07, 6.45) is 14.1. The summed E-state index contributed by atoms with van der Waals surface area (Å²) in [6, 6.07) is 20.9. The van der Waals surface area contributed by atoms with Crippen molar-refractivity contribution >= 4 is 5.97 Å². The Labute approximate surface area is 258 Å². The van der Waals surface area contributed by atoms with Gasteiger partial charge in [-0.25, -0.2) is 4.79 Å². The van der Waals surface area contributed by atoms with Crippen molar-refractivity contribution in [1.82, 2.24) is 0 Å². The van der Waals surface area contributed by atoms with Crippen molar-refractivity contribution in [3.63, 3.8) is 0 Å². The SMILES string of the molecule is C1=CC2CC1[C@@H](COCc1ccccc1)[C@H]2COCc1ccccc1.C=CC(=O)OC[C@H]1C2C=CC(C2)[C@H]1COCCC. The molecule has 2 fully saturated rings. The van der Waals surface area contributed by atoms with Crippen molar-refractivity contribution in [2.45, 2.75) is 39.4 Å². The van der Waals surface area contributed by atoms with Crippen molar-refractivity contribution in [2.24, 2.45) is 47.3 Å². The second-order valence-corrected chi connectivity index (χ2v) is 12.5. The highest BCUT2D eigenvalue weighted by Crippen LogP contribution is 2.49. The molecule has 0 saturated heterocycles. The van der Waals surface area contributed by atoms with Crippen LogP contribution in [-0.2, 0) is 37.0 Å². The summed E-state index contributed by atoms with van der Waals surface area (Å²) >= 11 is 0. The Morgan fingerprint density at radius 2 is 1.09 bits per heavy atom. The minimum absolute atomic E-state index is 0.324. The van der Waals surface area contributed by atoms with Crippen molar-refractivity contribution in [3.05, 3.63) is 109 Å². The molecule has 0 aromatic heterocycles. The van der Waals surface area contributed by atoms with Crippen LogP contribution in [0.2, 0.25) is 0 Å². The highest BCUT2D eigenvalue weighted by molar-refractivity contribution is 5.81. The number of hydrogen-bond acceptors (Lipinski definition) is 5. The van der Waals surface area contributed by atoms with Gasteiger partial charge in [-0.15, -0.1) is 0 Å². The monoisotopic (exact) mass is 584 g/mol. The number of fused-ring (bicyclic) bond motifs is 4. The van der Waals surface area contributed by atoms with E-state index in [1.165, 1.54) is 30.0 Å². The van der Waals surface area contributed by atoms with Gasteiger partial charge in [0.2, 0.25) is 0 Å². The fourth-order valence-electron chi connectivity index (χ4n) is 7.42. The van der Waals surface area contributed by atoms with Gasteiger partial charge < -0.3 is 18.9 Å². The number of hydrogen-bond donors (Lipinski definition) is 0. The largest absolute Gasteiger partial charge is 0.462 e. The molecule has 4 aliphatic carbocycles. The number of benzene rings is 2. The average Bonchev–Trinajstić information content (AvgIpc) is 3.85. The van der Waals surface area contributed by atoms with Gasteiger partial charge in [0.05, 0.1) is 39.6 Å². The zero-order valence-electron chi connectivity index (χ0n) is 25.6. The molecule has 5 heteroatoms. The lowest BCUT2D eigenvalue weighted by Crippen LogP contribution is -2.29. The van der Waals surface area contributed by atoms with E-state index in [2.05, 4.69) is 86.3 Å². The van der Waals surface area contributed by atoms with E-state index in [1.807, 2.05) is 12.1 Å². The molecule has 4 bridgehead atoms. The smallest absolute Gasteiger partial charge is 0.330 e. The number of carbonyl (C=O) groups is 1. The molecule has 0 radical (unpaired) electrons. The van der Waals surface area contributed by atoms with Crippen LogP contribution in [0, 0.1) is 47.3 Å². The molecule has 0 spiro atoms. The van der Waals surface area contributed by atoms with Crippen molar-refractivity contribution < 1.29 is 23.7 Å². The third-order valence-corrected chi connectivity index (χ3v) is 9.69. The van der Waals surface area contributed by atoms with Crippen molar-refractivity contribution in [1.29, 1.82) is 0 Å². The molecule has 4 aliphatic rings. The van der Waals surface area contributed by atoms with Crippen LogP contribution >= 0.6 is 0 Å². The Morgan fingerprint density at radius 3 is 1.51 bits per heavy atom. The summed E-state index contributed by atoms with van der Waals surface area (Å²) < 4.78 is 23.0. The van der Waals surface area contributed by atoms with E-state index >= 15 is 0 Å².